The van der Waals surface area contributed by atoms with E-state index < -0.39 is 5.09 Å². The highest BCUT2D eigenvalue weighted by Crippen LogP contribution is 2.23. The van der Waals surface area contributed by atoms with Crippen molar-refractivity contribution in [3.63, 3.8) is 0 Å². The van der Waals surface area contributed by atoms with Gasteiger partial charge < -0.3 is 25.0 Å². The molecule has 1 unspecified atom stereocenters. The lowest BCUT2D eigenvalue weighted by molar-refractivity contribution is -0.402. The van der Waals surface area contributed by atoms with Crippen molar-refractivity contribution in [2.45, 2.75) is 11.7 Å². The van der Waals surface area contributed by atoms with Crippen LogP contribution in [0.3, 0.4) is 0 Å². The number of amides is 2. The number of likely N-dealkylation sites (N-methyl/N-ethyl adjacent to an activating group) is 1. The minimum Gasteiger partial charge on any atom is -0.492 e. The average molecular weight is 419 g/mol. The highest BCUT2D eigenvalue weighted by atomic mass is 32.2. The molecule has 0 spiro atoms. The second kappa shape index (κ2) is 10.9. The van der Waals surface area contributed by atoms with E-state index >= 15 is 0 Å². The van der Waals surface area contributed by atoms with Gasteiger partial charge in [0.05, 0.1) is 16.9 Å². The van der Waals surface area contributed by atoms with Crippen LogP contribution in [0, 0.1) is 15.3 Å². The van der Waals surface area contributed by atoms with Gasteiger partial charge in [0.2, 0.25) is 5.91 Å². The minimum absolute atomic E-state index is 0.215. The first-order valence-electron chi connectivity index (χ1n) is 8.52. The van der Waals surface area contributed by atoms with E-state index in [4.69, 9.17) is 20.1 Å². The molecule has 1 fully saturated rings. The van der Waals surface area contributed by atoms with Crippen molar-refractivity contribution in [3.8, 4) is 5.75 Å². The van der Waals surface area contributed by atoms with E-state index in [0.29, 0.717) is 13.0 Å². The first-order valence-corrected chi connectivity index (χ1v) is 9.40. The maximum Gasteiger partial charge on any atom is 0.286 e. The predicted molar refractivity (Wildman–Crippen MR) is 108 cm³/mol. The van der Waals surface area contributed by atoms with Crippen molar-refractivity contribution in [1.82, 2.24) is 10.3 Å². The number of ether oxygens (including phenoxy) is 1. The standard InChI is InChI=1S/C18H19N3O3S.NO3/c1-21(16-4-2-3-9-19-16)10-11-24-14-7-5-13(6-8-14)12-15-17(22)20-18(23)25-15;2-1(3)4/h2-9,15H,10-12H2,1H3,(H,20,22,23);/q;-1. The Hall–Kier alpha value is -3.34. The van der Waals surface area contributed by atoms with Crippen LogP contribution in [-0.2, 0) is 11.2 Å². The highest BCUT2D eigenvalue weighted by Gasteiger charge is 2.31. The van der Waals surface area contributed by atoms with Gasteiger partial charge in [0.15, 0.2) is 0 Å². The summed E-state index contributed by atoms with van der Waals surface area (Å²) >= 11 is 1.05. The monoisotopic (exact) mass is 419 g/mol. The van der Waals surface area contributed by atoms with E-state index in [1.165, 1.54) is 0 Å². The first kappa shape index (κ1) is 22.0. The molecule has 1 aliphatic rings. The zero-order valence-corrected chi connectivity index (χ0v) is 16.3. The molecule has 1 atom stereocenters. The van der Waals surface area contributed by atoms with Crippen molar-refractivity contribution in [2.75, 3.05) is 25.1 Å². The van der Waals surface area contributed by atoms with Crippen LogP contribution in [0.2, 0.25) is 0 Å². The van der Waals surface area contributed by atoms with Gasteiger partial charge in [0, 0.05) is 13.2 Å². The Bertz CT molecular complexity index is 830. The Balaban J connectivity index is 0.000000687. The van der Waals surface area contributed by atoms with Crippen LogP contribution in [0.5, 0.6) is 5.75 Å². The average Bonchev–Trinajstić information content (AvgIpc) is 3.00. The normalized spacial score (nSPS) is 15.1. The second-order valence-corrected chi connectivity index (χ2v) is 7.09. The Labute approximate surface area is 171 Å². The van der Waals surface area contributed by atoms with Crippen LogP contribution >= 0.6 is 11.8 Å². The molecule has 0 aliphatic carbocycles. The van der Waals surface area contributed by atoms with Gasteiger partial charge in [-0.2, -0.15) is 0 Å². The zero-order valence-electron chi connectivity index (χ0n) is 15.5. The Kier molecular flexibility index (Phi) is 8.22. The number of carbonyl (C=O) groups is 2. The Morgan fingerprint density at radius 3 is 2.45 bits per heavy atom. The number of hydrogen-bond donors (Lipinski definition) is 1. The van der Waals surface area contributed by atoms with E-state index in [2.05, 4.69) is 10.3 Å². The van der Waals surface area contributed by atoms with Crippen LogP contribution in [-0.4, -0.2) is 46.7 Å². The number of thioether (sulfide) groups is 1. The summed E-state index contributed by atoms with van der Waals surface area (Å²) in [5.41, 5.74) is 1.00. The molecule has 1 aromatic heterocycles. The SMILES string of the molecule is CN(CCOc1ccc(CC2SC(=O)NC2=O)cc1)c1ccccn1.O=[N+]([O-])[O-]. The number of rotatable bonds is 7. The number of imide groups is 1. The topological polar surface area (TPSA) is 138 Å². The van der Waals surface area contributed by atoms with Crippen molar-refractivity contribution >= 4 is 28.7 Å². The molecule has 154 valence electrons. The number of benzene rings is 1. The summed E-state index contributed by atoms with van der Waals surface area (Å²) in [6.07, 6.45) is 2.30. The number of pyridine rings is 1. The van der Waals surface area contributed by atoms with Gasteiger partial charge in [-0.3, -0.25) is 14.9 Å². The first-order chi connectivity index (χ1) is 13.8. The molecule has 11 heteroatoms. The molecule has 0 saturated carbocycles. The predicted octanol–water partition coefficient (Wildman–Crippen LogP) is 2.25. The van der Waals surface area contributed by atoms with Gasteiger partial charge in [-0.1, -0.05) is 30.0 Å². The van der Waals surface area contributed by atoms with Crippen LogP contribution in [0.25, 0.3) is 0 Å². The van der Waals surface area contributed by atoms with Crippen molar-refractivity contribution < 1.29 is 19.4 Å². The molecule has 1 aliphatic heterocycles. The number of aromatic nitrogens is 1. The molecule has 29 heavy (non-hydrogen) atoms. The lowest BCUT2D eigenvalue weighted by Gasteiger charge is -2.18. The number of nitrogens with one attached hydrogen (secondary N) is 1. The Morgan fingerprint density at radius 2 is 1.90 bits per heavy atom. The molecule has 3 rings (SSSR count). The molecular weight excluding hydrogens is 400 g/mol. The molecule has 0 bridgehead atoms. The molecular formula is C18H19N4O6S-. The third-order valence-electron chi connectivity index (χ3n) is 3.85. The zero-order chi connectivity index (χ0) is 21.2. The molecule has 10 nitrogen and oxygen atoms in total. The van der Waals surface area contributed by atoms with Gasteiger partial charge in [0.25, 0.3) is 5.24 Å². The molecule has 1 aromatic carbocycles. The third kappa shape index (κ3) is 7.66. The fraction of sp³-hybridized carbons (Fsp3) is 0.278. The van der Waals surface area contributed by atoms with E-state index in [1.807, 2.05) is 54.4 Å². The van der Waals surface area contributed by atoms with E-state index in [0.717, 1.165) is 35.4 Å². The van der Waals surface area contributed by atoms with E-state index in [9.17, 15) is 9.59 Å². The number of carbonyl (C=O) groups excluding carboxylic acids is 2. The van der Waals surface area contributed by atoms with Crippen molar-refractivity contribution in [3.05, 3.63) is 69.5 Å². The summed E-state index contributed by atoms with van der Waals surface area (Å²) in [6, 6.07) is 13.4. The van der Waals surface area contributed by atoms with Gasteiger partial charge in [0.1, 0.15) is 18.2 Å². The van der Waals surface area contributed by atoms with Crippen LogP contribution in [0.15, 0.2) is 48.7 Å². The van der Waals surface area contributed by atoms with E-state index in [1.54, 1.807) is 6.20 Å². The van der Waals surface area contributed by atoms with Crippen molar-refractivity contribution in [1.29, 1.82) is 0 Å². The number of nitrogens with zero attached hydrogens (tertiary/aromatic N) is 3. The third-order valence-corrected chi connectivity index (χ3v) is 4.83. The summed E-state index contributed by atoms with van der Waals surface area (Å²) in [5, 5.41) is 16.4. The van der Waals surface area contributed by atoms with Gasteiger partial charge in [-0.05, 0) is 36.2 Å². The highest BCUT2D eigenvalue weighted by molar-refractivity contribution is 8.15. The minimum atomic E-state index is -1.75. The van der Waals surface area contributed by atoms with E-state index in [-0.39, 0.29) is 16.4 Å². The van der Waals surface area contributed by atoms with Gasteiger partial charge in [-0.15, -0.1) is 0 Å². The summed E-state index contributed by atoms with van der Waals surface area (Å²) in [4.78, 5) is 37.3. The molecule has 2 amide bonds. The Morgan fingerprint density at radius 1 is 1.21 bits per heavy atom. The summed E-state index contributed by atoms with van der Waals surface area (Å²) in [5.74, 6) is 1.47. The molecule has 1 saturated heterocycles. The van der Waals surface area contributed by atoms with Gasteiger partial charge >= 0.3 is 0 Å². The number of hydrogen-bond acceptors (Lipinski definition) is 9. The molecule has 2 aromatic rings. The second-order valence-electron chi connectivity index (χ2n) is 5.91. The van der Waals surface area contributed by atoms with Gasteiger partial charge in [-0.25, -0.2) is 4.98 Å². The largest absolute Gasteiger partial charge is 0.492 e. The van der Waals surface area contributed by atoms with Crippen LogP contribution in [0.4, 0.5) is 10.6 Å². The molecule has 2 heterocycles. The van der Waals surface area contributed by atoms with Crippen LogP contribution < -0.4 is 15.0 Å². The maximum atomic E-state index is 11.6. The quantitative estimate of drug-likeness (QED) is 0.529. The van der Waals surface area contributed by atoms with Crippen LogP contribution in [0.1, 0.15) is 5.56 Å². The lowest BCUT2D eigenvalue weighted by Crippen LogP contribution is -2.25. The lowest BCUT2D eigenvalue weighted by atomic mass is 10.1. The summed E-state index contributed by atoms with van der Waals surface area (Å²) in [6.45, 7) is 1.27. The van der Waals surface area contributed by atoms with Crippen molar-refractivity contribution in [2.24, 2.45) is 0 Å². The maximum absolute atomic E-state index is 11.6. The fourth-order valence-corrected chi connectivity index (χ4v) is 3.32. The number of anilines is 1. The molecule has 0 radical (unpaired) electrons. The summed E-state index contributed by atoms with van der Waals surface area (Å²) < 4.78 is 5.75. The smallest absolute Gasteiger partial charge is 0.286 e. The summed E-state index contributed by atoms with van der Waals surface area (Å²) in [7, 11) is 1.97. The fourth-order valence-electron chi connectivity index (χ4n) is 2.46. The molecule has 1 N–H and O–H groups in total.